The van der Waals surface area contributed by atoms with E-state index < -0.39 is 17.3 Å². The second kappa shape index (κ2) is 4.44. The summed E-state index contributed by atoms with van der Waals surface area (Å²) in [5, 5.41) is 8.86. The summed E-state index contributed by atoms with van der Waals surface area (Å²) in [7, 11) is 0. The number of pyridine rings is 1. The standard InChI is InChI=1S/C13H10FNO3/c1-7-2-3-11(14)9(4-7)10-5-8(13(17)18)6-15-12(10)16/h2-6H,1H3,(H,15,16)(H,17,18). The van der Waals surface area contributed by atoms with Crippen LogP contribution in [0.5, 0.6) is 0 Å². The van der Waals surface area contributed by atoms with Crippen molar-refractivity contribution in [2.24, 2.45) is 0 Å². The quantitative estimate of drug-likeness (QED) is 0.854. The molecule has 1 aromatic carbocycles. The predicted molar refractivity (Wildman–Crippen MR) is 64.2 cm³/mol. The lowest BCUT2D eigenvalue weighted by molar-refractivity contribution is 0.0696. The molecule has 0 aliphatic carbocycles. The van der Waals surface area contributed by atoms with Crippen LogP contribution in [0.4, 0.5) is 4.39 Å². The minimum Gasteiger partial charge on any atom is -0.478 e. The smallest absolute Gasteiger partial charge is 0.337 e. The average molecular weight is 247 g/mol. The van der Waals surface area contributed by atoms with Gasteiger partial charge in [-0.25, -0.2) is 9.18 Å². The Labute approximate surface area is 102 Å². The number of aryl methyl sites for hydroxylation is 1. The van der Waals surface area contributed by atoms with Crippen molar-refractivity contribution < 1.29 is 14.3 Å². The van der Waals surface area contributed by atoms with E-state index in [0.717, 1.165) is 11.8 Å². The molecule has 0 bridgehead atoms. The van der Waals surface area contributed by atoms with Gasteiger partial charge in [-0.05, 0) is 25.1 Å². The highest BCUT2D eigenvalue weighted by molar-refractivity contribution is 5.88. The first kappa shape index (κ1) is 12.0. The van der Waals surface area contributed by atoms with Crippen molar-refractivity contribution >= 4 is 5.97 Å². The zero-order chi connectivity index (χ0) is 13.3. The molecule has 2 rings (SSSR count). The Hall–Kier alpha value is -2.43. The van der Waals surface area contributed by atoms with Gasteiger partial charge in [0.25, 0.3) is 5.56 Å². The number of aromatic carboxylic acids is 1. The van der Waals surface area contributed by atoms with Gasteiger partial charge in [-0.2, -0.15) is 0 Å². The Bertz CT molecular complexity index is 676. The number of carbonyl (C=O) groups is 1. The van der Waals surface area contributed by atoms with Gasteiger partial charge >= 0.3 is 5.97 Å². The molecular weight excluding hydrogens is 237 g/mol. The van der Waals surface area contributed by atoms with Crippen molar-refractivity contribution in [1.29, 1.82) is 0 Å². The average Bonchev–Trinajstić information content (AvgIpc) is 2.33. The number of carboxylic acids is 1. The molecule has 0 aliphatic heterocycles. The van der Waals surface area contributed by atoms with Gasteiger partial charge in [-0.3, -0.25) is 4.79 Å². The van der Waals surface area contributed by atoms with E-state index in [4.69, 9.17) is 5.11 Å². The zero-order valence-corrected chi connectivity index (χ0v) is 9.53. The molecule has 92 valence electrons. The first-order valence-electron chi connectivity index (χ1n) is 5.21. The normalized spacial score (nSPS) is 10.3. The maximum absolute atomic E-state index is 13.7. The third kappa shape index (κ3) is 2.15. The highest BCUT2D eigenvalue weighted by atomic mass is 19.1. The van der Waals surface area contributed by atoms with Crippen LogP contribution in [0.15, 0.2) is 35.3 Å². The molecule has 1 heterocycles. The molecule has 0 unspecified atom stereocenters. The Kier molecular flexibility index (Phi) is 2.97. The molecule has 4 nitrogen and oxygen atoms in total. The first-order valence-corrected chi connectivity index (χ1v) is 5.21. The molecule has 18 heavy (non-hydrogen) atoms. The lowest BCUT2D eigenvalue weighted by Crippen LogP contribution is -2.12. The molecule has 0 aliphatic rings. The van der Waals surface area contributed by atoms with Crippen LogP contribution in [-0.4, -0.2) is 16.1 Å². The minimum absolute atomic E-state index is 0.0103. The van der Waals surface area contributed by atoms with E-state index in [2.05, 4.69) is 4.98 Å². The second-order valence-electron chi connectivity index (χ2n) is 3.92. The number of halogens is 1. The van der Waals surface area contributed by atoms with Crippen LogP contribution < -0.4 is 5.56 Å². The second-order valence-corrected chi connectivity index (χ2v) is 3.92. The summed E-state index contributed by atoms with van der Waals surface area (Å²) >= 11 is 0. The minimum atomic E-state index is -1.18. The maximum Gasteiger partial charge on any atom is 0.337 e. The highest BCUT2D eigenvalue weighted by Crippen LogP contribution is 2.21. The molecule has 2 aromatic rings. The fraction of sp³-hybridized carbons (Fsp3) is 0.0769. The van der Waals surface area contributed by atoms with Gasteiger partial charge in [-0.15, -0.1) is 0 Å². The van der Waals surface area contributed by atoms with Gasteiger partial charge in [-0.1, -0.05) is 11.6 Å². The lowest BCUT2D eigenvalue weighted by atomic mass is 10.0. The number of benzene rings is 1. The summed E-state index contributed by atoms with van der Waals surface area (Å²) in [6, 6.07) is 5.50. The summed E-state index contributed by atoms with van der Waals surface area (Å²) < 4.78 is 13.7. The first-order chi connectivity index (χ1) is 8.49. The number of aromatic nitrogens is 1. The zero-order valence-electron chi connectivity index (χ0n) is 9.53. The molecular formula is C13H10FNO3. The number of carboxylic acid groups (broad SMARTS) is 1. The number of rotatable bonds is 2. The van der Waals surface area contributed by atoms with Gasteiger partial charge in [0, 0.05) is 11.8 Å². The molecule has 0 atom stereocenters. The Morgan fingerprint density at radius 3 is 2.67 bits per heavy atom. The maximum atomic E-state index is 13.7. The monoisotopic (exact) mass is 247 g/mol. The molecule has 0 fully saturated rings. The summed E-state index contributed by atoms with van der Waals surface area (Å²) in [6.45, 7) is 1.76. The van der Waals surface area contributed by atoms with Gasteiger partial charge in [0.1, 0.15) is 5.82 Å². The molecule has 0 saturated heterocycles. The van der Waals surface area contributed by atoms with Crippen LogP contribution in [0.1, 0.15) is 15.9 Å². The van der Waals surface area contributed by atoms with Crippen molar-refractivity contribution in [1.82, 2.24) is 4.98 Å². The van der Waals surface area contributed by atoms with E-state index in [1.54, 1.807) is 13.0 Å². The van der Waals surface area contributed by atoms with Crippen LogP contribution in [0, 0.1) is 12.7 Å². The number of hydrogen-bond donors (Lipinski definition) is 2. The van der Waals surface area contributed by atoms with Gasteiger partial charge in [0.2, 0.25) is 0 Å². The van der Waals surface area contributed by atoms with E-state index in [0.29, 0.717) is 0 Å². The summed E-state index contributed by atoms with van der Waals surface area (Å²) in [4.78, 5) is 24.8. The van der Waals surface area contributed by atoms with Crippen LogP contribution in [-0.2, 0) is 0 Å². The molecule has 0 amide bonds. The Morgan fingerprint density at radius 2 is 2.00 bits per heavy atom. The van der Waals surface area contributed by atoms with Crippen molar-refractivity contribution in [3.05, 3.63) is 57.8 Å². The van der Waals surface area contributed by atoms with E-state index in [-0.39, 0.29) is 16.7 Å². The van der Waals surface area contributed by atoms with Crippen molar-refractivity contribution in [3.63, 3.8) is 0 Å². The van der Waals surface area contributed by atoms with Crippen LogP contribution in [0.25, 0.3) is 11.1 Å². The third-order valence-electron chi connectivity index (χ3n) is 2.56. The van der Waals surface area contributed by atoms with E-state index in [9.17, 15) is 14.0 Å². The molecule has 2 N–H and O–H groups in total. The number of nitrogens with one attached hydrogen (secondary N) is 1. The Balaban J connectivity index is 2.70. The lowest BCUT2D eigenvalue weighted by Gasteiger charge is -2.05. The fourth-order valence-corrected chi connectivity index (χ4v) is 1.65. The number of aromatic amines is 1. The molecule has 0 spiro atoms. The highest BCUT2D eigenvalue weighted by Gasteiger charge is 2.12. The van der Waals surface area contributed by atoms with Crippen molar-refractivity contribution in [2.75, 3.05) is 0 Å². The van der Waals surface area contributed by atoms with Gasteiger partial charge < -0.3 is 10.1 Å². The summed E-state index contributed by atoms with van der Waals surface area (Å²) in [5.41, 5.74) is 0.275. The molecule has 1 aromatic heterocycles. The number of hydrogen-bond acceptors (Lipinski definition) is 2. The number of H-pyrrole nitrogens is 1. The molecule has 0 radical (unpaired) electrons. The molecule has 0 saturated carbocycles. The Morgan fingerprint density at radius 1 is 1.28 bits per heavy atom. The topological polar surface area (TPSA) is 70.2 Å². The van der Waals surface area contributed by atoms with Crippen molar-refractivity contribution in [2.45, 2.75) is 6.92 Å². The summed E-state index contributed by atoms with van der Waals surface area (Å²) in [5.74, 6) is -1.74. The van der Waals surface area contributed by atoms with E-state index in [1.807, 2.05) is 0 Å². The van der Waals surface area contributed by atoms with E-state index >= 15 is 0 Å². The predicted octanol–water partition coefficient (Wildman–Crippen LogP) is 2.19. The molecule has 5 heteroatoms. The fourth-order valence-electron chi connectivity index (χ4n) is 1.65. The van der Waals surface area contributed by atoms with Crippen LogP contribution in [0.2, 0.25) is 0 Å². The van der Waals surface area contributed by atoms with Crippen LogP contribution in [0.3, 0.4) is 0 Å². The third-order valence-corrected chi connectivity index (χ3v) is 2.56. The van der Waals surface area contributed by atoms with Gasteiger partial charge in [0.15, 0.2) is 0 Å². The largest absolute Gasteiger partial charge is 0.478 e. The summed E-state index contributed by atoms with van der Waals surface area (Å²) in [6.07, 6.45) is 1.09. The van der Waals surface area contributed by atoms with Crippen LogP contribution >= 0.6 is 0 Å². The van der Waals surface area contributed by atoms with Crippen molar-refractivity contribution in [3.8, 4) is 11.1 Å². The SMILES string of the molecule is Cc1ccc(F)c(-c2cc(C(=O)O)c[nH]c2=O)c1. The van der Waals surface area contributed by atoms with E-state index in [1.165, 1.54) is 18.2 Å². The van der Waals surface area contributed by atoms with Gasteiger partial charge in [0.05, 0.1) is 11.1 Å².